The molecule has 0 fully saturated rings. The zero-order valence-electron chi connectivity index (χ0n) is 11.7. The lowest BCUT2D eigenvalue weighted by atomic mass is 10.2. The van der Waals surface area contributed by atoms with Gasteiger partial charge in [-0.3, -0.25) is 0 Å². The molecule has 0 rings (SSSR count). The van der Waals surface area contributed by atoms with E-state index in [0.29, 0.717) is 0 Å². The van der Waals surface area contributed by atoms with Gasteiger partial charge < -0.3 is 0 Å². The van der Waals surface area contributed by atoms with Crippen LogP contribution in [0.4, 0.5) is 0 Å². The molecule has 0 spiro atoms. The van der Waals surface area contributed by atoms with E-state index >= 15 is 0 Å². The third kappa shape index (κ3) is 8.80. The average molecular weight is 307 g/mol. The Morgan fingerprint density at radius 1 is 0.688 bits per heavy atom. The van der Waals surface area contributed by atoms with Gasteiger partial charge in [0.05, 0.1) is 0 Å². The van der Waals surface area contributed by atoms with E-state index in [1.54, 1.807) is 0 Å². The molecule has 0 N–H and O–H groups in total. The van der Waals surface area contributed by atoms with Crippen molar-refractivity contribution in [1.29, 1.82) is 0 Å². The highest BCUT2D eigenvalue weighted by molar-refractivity contribution is 9.26. The lowest BCUT2D eigenvalue weighted by molar-refractivity contribution is 0.683. The van der Waals surface area contributed by atoms with Gasteiger partial charge in [0.2, 0.25) is 0 Å². The summed E-state index contributed by atoms with van der Waals surface area (Å²) in [5.41, 5.74) is 0. The van der Waals surface area contributed by atoms with Gasteiger partial charge >= 0.3 is 0 Å². The molecule has 0 heterocycles. The molecular formula is C14H31BrSi. The zero-order chi connectivity index (χ0) is 12.3. The summed E-state index contributed by atoms with van der Waals surface area (Å²) in [5.74, 6) is 0. The third-order valence-corrected chi connectivity index (χ3v) is 11.4. The highest BCUT2D eigenvalue weighted by Crippen LogP contribution is 2.32. The Kier molecular flexibility index (Phi) is 11.3. The fraction of sp³-hybridized carbons (Fsp3) is 1.00. The first-order chi connectivity index (χ1) is 7.68. The molecule has 0 amide bonds. The highest BCUT2D eigenvalue weighted by atomic mass is 79.9. The molecule has 0 unspecified atom stereocenters. The monoisotopic (exact) mass is 306 g/mol. The second-order valence-electron chi connectivity index (χ2n) is 5.13. The fourth-order valence-corrected chi connectivity index (χ4v) is 6.62. The van der Waals surface area contributed by atoms with Crippen molar-refractivity contribution in [2.24, 2.45) is 0 Å². The van der Waals surface area contributed by atoms with E-state index in [4.69, 9.17) is 0 Å². The van der Waals surface area contributed by atoms with Crippen LogP contribution in [0.1, 0.15) is 72.1 Å². The smallest absolute Gasteiger partial charge is 0.126 e. The van der Waals surface area contributed by atoms with Gasteiger partial charge in [0, 0.05) is 0 Å². The quantitative estimate of drug-likeness (QED) is 0.232. The minimum absolute atomic E-state index is 1.01. The van der Waals surface area contributed by atoms with Crippen molar-refractivity contribution in [2.45, 2.75) is 90.3 Å². The maximum Gasteiger partial charge on any atom is 0.130 e. The number of unbranched alkanes of at least 4 members (excludes halogenated alkanes) is 6. The summed E-state index contributed by atoms with van der Waals surface area (Å²) in [4.78, 5) is 0. The molecular weight excluding hydrogens is 276 g/mol. The number of hydrogen-bond acceptors (Lipinski definition) is 0. The van der Waals surface area contributed by atoms with Crippen molar-refractivity contribution in [2.75, 3.05) is 0 Å². The van der Waals surface area contributed by atoms with Gasteiger partial charge in [-0.1, -0.05) is 78.2 Å². The Bertz CT molecular complexity index is 136. The zero-order valence-corrected chi connectivity index (χ0v) is 14.2. The summed E-state index contributed by atoms with van der Waals surface area (Å²) in [7, 11) is 0. The summed E-state index contributed by atoms with van der Waals surface area (Å²) < 4.78 is 0. The summed E-state index contributed by atoms with van der Waals surface area (Å²) in [6.07, 6.45) is 11.4. The molecule has 0 aromatic carbocycles. The van der Waals surface area contributed by atoms with E-state index in [2.05, 4.69) is 36.1 Å². The summed E-state index contributed by atoms with van der Waals surface area (Å²) in [6, 6.07) is 4.44. The molecule has 2 heteroatoms. The Morgan fingerprint density at radius 2 is 1.12 bits per heavy atom. The molecule has 0 saturated heterocycles. The van der Waals surface area contributed by atoms with Crippen LogP contribution in [-0.2, 0) is 0 Å². The predicted molar refractivity (Wildman–Crippen MR) is 83.1 cm³/mol. The topological polar surface area (TPSA) is 0 Å². The Morgan fingerprint density at radius 3 is 1.44 bits per heavy atom. The van der Waals surface area contributed by atoms with Crippen LogP contribution in [0, 0.1) is 0 Å². The molecule has 0 atom stereocenters. The van der Waals surface area contributed by atoms with Crippen molar-refractivity contribution in [1.82, 2.24) is 0 Å². The first-order valence-corrected chi connectivity index (χ1v) is 12.2. The molecule has 0 nitrogen and oxygen atoms in total. The molecule has 98 valence electrons. The lowest BCUT2D eigenvalue weighted by Crippen LogP contribution is -2.24. The number of rotatable bonds is 11. The van der Waals surface area contributed by atoms with Crippen molar-refractivity contribution >= 4 is 22.0 Å². The summed E-state index contributed by atoms with van der Waals surface area (Å²) in [5, 5.41) is 0. The second-order valence-corrected chi connectivity index (χ2v) is 14.2. The van der Waals surface area contributed by atoms with Crippen molar-refractivity contribution in [3.63, 3.8) is 0 Å². The van der Waals surface area contributed by atoms with Crippen LogP contribution in [0.25, 0.3) is 0 Å². The van der Waals surface area contributed by atoms with E-state index < -0.39 is 6.69 Å². The number of hydrogen-bond donors (Lipinski definition) is 0. The molecule has 0 saturated carbocycles. The average Bonchev–Trinajstić information content (AvgIpc) is 2.31. The molecule has 0 aromatic heterocycles. The van der Waals surface area contributed by atoms with Crippen molar-refractivity contribution in [3.8, 4) is 0 Å². The molecule has 0 aliphatic carbocycles. The van der Waals surface area contributed by atoms with Crippen molar-refractivity contribution in [3.05, 3.63) is 0 Å². The second kappa shape index (κ2) is 10.8. The fourth-order valence-electron chi connectivity index (χ4n) is 2.22. The van der Waals surface area contributed by atoms with Crippen LogP contribution in [0.3, 0.4) is 0 Å². The van der Waals surface area contributed by atoms with Crippen LogP contribution >= 0.6 is 15.3 Å². The summed E-state index contributed by atoms with van der Waals surface area (Å²) >= 11 is 4.13. The predicted octanol–water partition coefficient (Wildman–Crippen LogP) is 6.51. The van der Waals surface area contributed by atoms with Gasteiger partial charge in [0.15, 0.2) is 0 Å². The number of halogens is 1. The van der Waals surface area contributed by atoms with Crippen LogP contribution in [0.5, 0.6) is 0 Å². The van der Waals surface area contributed by atoms with Gasteiger partial charge in [-0.05, 0) is 12.1 Å². The van der Waals surface area contributed by atoms with Gasteiger partial charge in [-0.2, -0.15) is 0 Å². The van der Waals surface area contributed by atoms with Gasteiger partial charge in [0.25, 0.3) is 0 Å². The molecule has 0 aromatic rings. The molecule has 16 heavy (non-hydrogen) atoms. The molecule has 0 radical (unpaired) electrons. The first kappa shape index (κ1) is 16.7. The normalized spacial score (nSPS) is 12.0. The first-order valence-electron chi connectivity index (χ1n) is 7.37. The third-order valence-electron chi connectivity index (χ3n) is 3.59. The van der Waals surface area contributed by atoms with Gasteiger partial charge in [-0.25, -0.2) is 0 Å². The Labute approximate surface area is 112 Å². The van der Waals surface area contributed by atoms with Crippen molar-refractivity contribution < 1.29 is 0 Å². The van der Waals surface area contributed by atoms with Crippen LogP contribution in [0.15, 0.2) is 0 Å². The van der Waals surface area contributed by atoms with Crippen LogP contribution < -0.4 is 0 Å². The van der Waals surface area contributed by atoms with E-state index in [0.717, 1.165) is 0 Å². The largest absolute Gasteiger partial charge is 0.130 e. The molecule has 0 bridgehead atoms. The Hall–Kier alpha value is 0.697. The van der Waals surface area contributed by atoms with E-state index in [-0.39, 0.29) is 0 Å². The Balaban J connectivity index is 3.64. The maximum absolute atomic E-state index is 4.13. The van der Waals surface area contributed by atoms with Gasteiger partial charge in [0.1, 0.15) is 6.69 Å². The minimum Gasteiger partial charge on any atom is -0.126 e. The maximum atomic E-state index is 4.13. The lowest BCUT2D eigenvalue weighted by Gasteiger charge is -2.23. The standard InChI is InChI=1S/C14H31BrSi/c1-4-7-9-11-13-16(15,6-3)14-12-10-8-5-2/h4-14H2,1-3H3. The van der Waals surface area contributed by atoms with Crippen LogP contribution in [-0.4, -0.2) is 6.69 Å². The molecule has 0 aliphatic rings. The van der Waals surface area contributed by atoms with E-state index in [1.807, 2.05) is 0 Å². The summed E-state index contributed by atoms with van der Waals surface area (Å²) in [6.45, 7) is 5.97. The van der Waals surface area contributed by atoms with Gasteiger partial charge in [-0.15, -0.1) is 15.3 Å². The minimum atomic E-state index is -1.01. The van der Waals surface area contributed by atoms with E-state index in [9.17, 15) is 0 Å². The molecule has 0 aliphatic heterocycles. The SMILES string of the molecule is CCCCCC[Si](Br)(CC)CCCCCC. The van der Waals surface area contributed by atoms with Crippen LogP contribution in [0.2, 0.25) is 18.1 Å². The van der Waals surface area contributed by atoms with E-state index in [1.165, 1.54) is 69.5 Å². The highest BCUT2D eigenvalue weighted by Gasteiger charge is 2.26.